The minimum Gasteiger partial charge on any atom is -0.395 e. The van der Waals surface area contributed by atoms with Gasteiger partial charge < -0.3 is 5.11 Å². The summed E-state index contributed by atoms with van der Waals surface area (Å²) < 4.78 is 38.9. The number of rotatable bonds is 7. The van der Waals surface area contributed by atoms with Crippen LogP contribution in [0.5, 0.6) is 0 Å². The molecule has 4 nitrogen and oxygen atoms in total. The second kappa shape index (κ2) is 7.19. The first-order valence-corrected chi connectivity index (χ1v) is 7.81. The van der Waals surface area contributed by atoms with E-state index in [2.05, 4.69) is 0 Å². The molecule has 1 aromatic carbocycles. The summed E-state index contributed by atoms with van der Waals surface area (Å²) in [5.74, 6) is -0.591. The third kappa shape index (κ3) is 4.14. The van der Waals surface area contributed by atoms with Gasteiger partial charge in [-0.2, -0.15) is 4.31 Å². The van der Waals surface area contributed by atoms with E-state index in [1.165, 1.54) is 0 Å². The molecular weight excluding hydrogens is 293 g/mol. The molecule has 0 atom stereocenters. The molecule has 108 valence electrons. The molecule has 0 aliphatic rings. The lowest BCUT2D eigenvalue weighted by atomic mass is 10.3. The van der Waals surface area contributed by atoms with Crippen molar-refractivity contribution in [2.24, 2.45) is 0 Å². The second-order valence-corrected chi connectivity index (χ2v) is 6.37. The number of aliphatic hydroxyl groups is 1. The van der Waals surface area contributed by atoms with E-state index < -0.39 is 15.8 Å². The largest absolute Gasteiger partial charge is 0.395 e. The van der Waals surface area contributed by atoms with Crippen molar-refractivity contribution in [2.75, 3.05) is 19.7 Å². The van der Waals surface area contributed by atoms with Gasteiger partial charge in [-0.25, -0.2) is 12.8 Å². The maximum absolute atomic E-state index is 13.0. The number of aliphatic hydroxyl groups excluding tert-OH is 1. The van der Waals surface area contributed by atoms with Crippen LogP contribution in [-0.2, 0) is 10.0 Å². The molecule has 0 fully saturated rings. The lowest BCUT2D eigenvalue weighted by Crippen LogP contribution is -2.34. The summed E-state index contributed by atoms with van der Waals surface area (Å²) in [5.41, 5.74) is 0. The Balaban J connectivity index is 3.11. The maximum Gasteiger partial charge on any atom is 0.244 e. The van der Waals surface area contributed by atoms with Crippen molar-refractivity contribution in [3.8, 4) is 0 Å². The molecule has 0 unspecified atom stereocenters. The molecule has 1 N–H and O–H groups in total. The highest BCUT2D eigenvalue weighted by Crippen LogP contribution is 2.25. The van der Waals surface area contributed by atoms with Crippen molar-refractivity contribution in [1.82, 2.24) is 4.31 Å². The van der Waals surface area contributed by atoms with Crippen LogP contribution in [0, 0.1) is 5.82 Å². The first-order chi connectivity index (χ1) is 8.93. The Labute approximate surface area is 117 Å². The molecule has 0 amide bonds. The highest BCUT2D eigenvalue weighted by atomic mass is 35.5. The predicted octanol–water partition coefficient (Wildman–Crippen LogP) is 2.26. The lowest BCUT2D eigenvalue weighted by Gasteiger charge is -2.21. The highest BCUT2D eigenvalue weighted by Gasteiger charge is 2.26. The van der Waals surface area contributed by atoms with E-state index in [0.29, 0.717) is 13.0 Å². The number of sulfonamides is 1. The molecule has 0 bridgehead atoms. The average Bonchev–Trinajstić information content (AvgIpc) is 2.33. The first-order valence-electron chi connectivity index (χ1n) is 5.99. The van der Waals surface area contributed by atoms with Crippen LogP contribution in [0.15, 0.2) is 23.1 Å². The summed E-state index contributed by atoms with van der Waals surface area (Å²) in [7, 11) is -3.81. The summed E-state index contributed by atoms with van der Waals surface area (Å²) in [6.07, 6.45) is 1.51. The van der Waals surface area contributed by atoms with Crippen molar-refractivity contribution >= 4 is 21.6 Å². The van der Waals surface area contributed by atoms with Crippen molar-refractivity contribution in [1.29, 1.82) is 0 Å². The van der Waals surface area contributed by atoms with Gasteiger partial charge in [0.25, 0.3) is 0 Å². The van der Waals surface area contributed by atoms with E-state index in [0.717, 1.165) is 28.9 Å². The Morgan fingerprint density at radius 2 is 2.05 bits per heavy atom. The molecule has 0 aliphatic heterocycles. The number of benzene rings is 1. The quantitative estimate of drug-likeness (QED) is 0.840. The minimum absolute atomic E-state index is 0.00393. The fraction of sp³-hybridized carbons (Fsp3) is 0.500. The van der Waals surface area contributed by atoms with Crippen LogP contribution in [0.1, 0.15) is 19.8 Å². The Morgan fingerprint density at radius 1 is 1.37 bits per heavy atom. The van der Waals surface area contributed by atoms with Gasteiger partial charge in [-0.3, -0.25) is 0 Å². The molecule has 1 rings (SSSR count). The van der Waals surface area contributed by atoms with E-state index in [-0.39, 0.29) is 23.1 Å². The summed E-state index contributed by atoms with van der Waals surface area (Å²) in [4.78, 5) is -0.139. The normalized spacial score (nSPS) is 12.1. The van der Waals surface area contributed by atoms with E-state index in [1.54, 1.807) is 0 Å². The van der Waals surface area contributed by atoms with Crippen LogP contribution >= 0.6 is 11.6 Å². The van der Waals surface area contributed by atoms with Gasteiger partial charge in [0.2, 0.25) is 10.0 Å². The molecule has 0 aliphatic carbocycles. The molecule has 1 aromatic rings. The SMILES string of the molecule is CCCCN(CCO)S(=O)(=O)c1ccc(F)cc1Cl. The van der Waals surface area contributed by atoms with Gasteiger partial charge in [0.1, 0.15) is 10.7 Å². The monoisotopic (exact) mass is 309 g/mol. The van der Waals surface area contributed by atoms with E-state index in [4.69, 9.17) is 16.7 Å². The standard InChI is InChI=1S/C12H17ClFNO3S/c1-2-3-6-15(7-8-16)19(17,18)12-5-4-10(14)9-11(12)13/h4-5,9,16H,2-3,6-8H2,1H3. The minimum atomic E-state index is -3.81. The Morgan fingerprint density at radius 3 is 2.58 bits per heavy atom. The van der Waals surface area contributed by atoms with Gasteiger partial charge in [0.15, 0.2) is 0 Å². The molecule has 0 radical (unpaired) electrons. The molecule has 19 heavy (non-hydrogen) atoms. The van der Waals surface area contributed by atoms with Gasteiger partial charge in [-0.15, -0.1) is 0 Å². The van der Waals surface area contributed by atoms with E-state index in [9.17, 15) is 12.8 Å². The summed E-state index contributed by atoms with van der Waals surface area (Å²) in [6.45, 7) is 1.96. The van der Waals surface area contributed by atoms with Crippen LogP contribution in [0.2, 0.25) is 5.02 Å². The van der Waals surface area contributed by atoms with E-state index >= 15 is 0 Å². The van der Waals surface area contributed by atoms with Crippen molar-refractivity contribution in [2.45, 2.75) is 24.7 Å². The zero-order valence-electron chi connectivity index (χ0n) is 10.6. The Kier molecular flexibility index (Phi) is 6.19. The number of hydrogen-bond acceptors (Lipinski definition) is 3. The van der Waals surface area contributed by atoms with Crippen molar-refractivity contribution < 1.29 is 17.9 Å². The lowest BCUT2D eigenvalue weighted by molar-refractivity contribution is 0.252. The summed E-state index contributed by atoms with van der Waals surface area (Å²) in [6, 6.07) is 3.16. The molecular formula is C12H17ClFNO3S. The Bertz CT molecular complexity index is 522. The summed E-state index contributed by atoms with van der Waals surface area (Å²) >= 11 is 5.78. The fourth-order valence-electron chi connectivity index (χ4n) is 1.62. The van der Waals surface area contributed by atoms with Crippen LogP contribution < -0.4 is 0 Å². The first kappa shape index (κ1) is 16.4. The molecule has 0 aromatic heterocycles. The van der Waals surface area contributed by atoms with Gasteiger partial charge in [-0.1, -0.05) is 24.9 Å². The van der Waals surface area contributed by atoms with Gasteiger partial charge in [0.05, 0.1) is 11.6 Å². The third-order valence-corrected chi connectivity index (χ3v) is 5.00. The maximum atomic E-state index is 13.0. The van der Waals surface area contributed by atoms with Crippen LogP contribution in [-0.4, -0.2) is 37.5 Å². The van der Waals surface area contributed by atoms with E-state index in [1.807, 2.05) is 6.92 Å². The second-order valence-electron chi connectivity index (χ2n) is 4.06. The fourth-order valence-corrected chi connectivity index (χ4v) is 3.60. The predicted molar refractivity (Wildman–Crippen MR) is 72.2 cm³/mol. The Hall–Kier alpha value is -0.690. The topological polar surface area (TPSA) is 57.6 Å². The van der Waals surface area contributed by atoms with Gasteiger partial charge in [0, 0.05) is 13.1 Å². The van der Waals surface area contributed by atoms with Crippen LogP contribution in [0.4, 0.5) is 4.39 Å². The smallest absolute Gasteiger partial charge is 0.244 e. The van der Waals surface area contributed by atoms with Gasteiger partial charge >= 0.3 is 0 Å². The van der Waals surface area contributed by atoms with Crippen molar-refractivity contribution in [3.63, 3.8) is 0 Å². The highest BCUT2D eigenvalue weighted by molar-refractivity contribution is 7.89. The van der Waals surface area contributed by atoms with Crippen LogP contribution in [0.3, 0.4) is 0 Å². The molecule has 0 saturated carbocycles. The molecule has 7 heteroatoms. The zero-order valence-corrected chi connectivity index (χ0v) is 12.2. The van der Waals surface area contributed by atoms with Gasteiger partial charge in [-0.05, 0) is 24.6 Å². The number of unbranched alkanes of at least 4 members (excludes halogenated alkanes) is 1. The third-order valence-electron chi connectivity index (χ3n) is 2.62. The number of hydrogen-bond donors (Lipinski definition) is 1. The summed E-state index contributed by atoms with van der Waals surface area (Å²) in [5, 5.41) is 8.81. The molecule has 0 heterocycles. The van der Waals surface area contributed by atoms with Crippen LogP contribution in [0.25, 0.3) is 0 Å². The number of nitrogens with zero attached hydrogens (tertiary/aromatic N) is 1. The van der Waals surface area contributed by atoms with Crippen molar-refractivity contribution in [3.05, 3.63) is 29.0 Å². The average molecular weight is 310 g/mol. The number of halogens is 2. The molecule has 0 saturated heterocycles. The zero-order chi connectivity index (χ0) is 14.5. The molecule has 0 spiro atoms.